The summed E-state index contributed by atoms with van der Waals surface area (Å²) in [6, 6.07) is 16.3. The van der Waals surface area contributed by atoms with E-state index in [0.29, 0.717) is 15.7 Å². The Balaban J connectivity index is 1.88. The van der Waals surface area contributed by atoms with Crippen LogP contribution in [0.3, 0.4) is 0 Å². The minimum absolute atomic E-state index is 0.102. The largest absolute Gasteiger partial charge is 0.404 e. The van der Waals surface area contributed by atoms with E-state index in [9.17, 15) is 26.4 Å². The predicted octanol–water partition coefficient (Wildman–Crippen LogP) is 5.22. The second kappa shape index (κ2) is 10.9. The lowest BCUT2D eigenvalue weighted by molar-refractivity contribution is -0.106. The van der Waals surface area contributed by atoms with Gasteiger partial charge in [0.15, 0.2) is 11.6 Å². The number of carbonyl (C=O) groups is 1. The van der Waals surface area contributed by atoms with Crippen LogP contribution in [0.15, 0.2) is 71.7 Å². The van der Waals surface area contributed by atoms with Crippen LogP contribution in [0.25, 0.3) is 0 Å². The fraction of sp³-hybridized carbons (Fsp3) is 0.0952. The van der Waals surface area contributed by atoms with Gasteiger partial charge in [0.25, 0.3) is 5.91 Å². The smallest absolute Gasteiger partial charge is 0.326 e. The first-order valence-electron chi connectivity index (χ1n) is 9.61. The molecule has 0 spiro atoms. The van der Waals surface area contributed by atoms with Crippen molar-refractivity contribution in [2.24, 2.45) is 4.99 Å². The van der Waals surface area contributed by atoms with E-state index in [0.717, 1.165) is 6.07 Å². The number of nitrogens with one attached hydrogen (secondary N) is 3. The summed E-state index contributed by atoms with van der Waals surface area (Å²) in [5.41, 5.74) is 0.758. The highest BCUT2D eigenvalue weighted by atomic mass is 35.5. The molecular formula is C21H16Cl2F3N5O3S. The number of anilines is 2. The number of guanidine groups is 1. The van der Waals surface area contributed by atoms with E-state index in [4.69, 9.17) is 23.2 Å². The van der Waals surface area contributed by atoms with Crippen molar-refractivity contribution in [1.29, 1.82) is 0 Å². The van der Waals surface area contributed by atoms with Crippen LogP contribution < -0.4 is 15.4 Å². The Morgan fingerprint density at radius 3 is 2.14 bits per heavy atom. The average Bonchev–Trinajstić information content (AvgIpc) is 2.74. The van der Waals surface area contributed by atoms with E-state index >= 15 is 0 Å². The molecule has 0 unspecified atom stereocenters. The van der Waals surface area contributed by atoms with E-state index in [2.05, 4.69) is 20.6 Å². The van der Waals surface area contributed by atoms with E-state index in [1.165, 1.54) is 36.4 Å². The third-order valence-corrected chi connectivity index (χ3v) is 5.75. The third kappa shape index (κ3) is 8.74. The number of carbonyl (C=O) groups excluding carboxylic acids is 1. The Kier molecular flexibility index (Phi) is 8.20. The summed E-state index contributed by atoms with van der Waals surface area (Å²) < 4.78 is 62.7. The number of nitrogens with zero attached hydrogens (tertiary/aromatic N) is 2. The lowest BCUT2D eigenvalue weighted by atomic mass is 10.2. The summed E-state index contributed by atoms with van der Waals surface area (Å²) in [5.74, 6) is -3.22. The topological polar surface area (TPSA) is 113 Å². The molecule has 14 heteroatoms. The molecule has 0 bridgehead atoms. The zero-order chi connectivity index (χ0) is 25.6. The first-order chi connectivity index (χ1) is 16.4. The van der Waals surface area contributed by atoms with Gasteiger partial charge in [0.2, 0.25) is 16.0 Å². The van der Waals surface area contributed by atoms with Gasteiger partial charge >= 0.3 is 6.18 Å². The van der Waals surface area contributed by atoms with Crippen molar-refractivity contribution in [1.82, 2.24) is 10.3 Å². The number of aliphatic imine (C=N–C) groups is 1. The molecule has 1 aromatic heterocycles. The maximum atomic E-state index is 12.7. The summed E-state index contributed by atoms with van der Waals surface area (Å²) in [4.78, 5) is 20.7. The van der Waals surface area contributed by atoms with Crippen LogP contribution in [-0.4, -0.2) is 37.2 Å². The molecule has 3 rings (SSSR count). The van der Waals surface area contributed by atoms with E-state index in [1.807, 2.05) is 0 Å². The number of sulfonamides is 1. The standard InChI is InChI=1S/C21H16Cl2F3N5O3S/c22-14-6-4-13(5-7-14)19(32)30-20(27-16-10-8-15(23)9-11-16)29-17-2-1-3-18(28-17)31-35(33,34)12-21(24,25)26/h1-11H,12H2,(H3,27,28,29,30,31,32). The molecule has 2 aromatic carbocycles. The first kappa shape index (κ1) is 26.3. The monoisotopic (exact) mass is 545 g/mol. The van der Waals surface area contributed by atoms with Crippen LogP contribution in [0.4, 0.5) is 30.5 Å². The molecular weight excluding hydrogens is 530 g/mol. The molecule has 0 aliphatic carbocycles. The summed E-state index contributed by atoms with van der Waals surface area (Å²) in [6.45, 7) is 0. The molecule has 3 aromatic rings. The van der Waals surface area contributed by atoms with Gasteiger partial charge in [-0.05, 0) is 60.7 Å². The van der Waals surface area contributed by atoms with Gasteiger partial charge in [-0.25, -0.2) is 13.4 Å². The number of alkyl halides is 3. The second-order valence-electron chi connectivity index (χ2n) is 6.91. The van der Waals surface area contributed by atoms with Crippen molar-refractivity contribution >= 4 is 62.4 Å². The zero-order valence-electron chi connectivity index (χ0n) is 17.5. The highest BCUT2D eigenvalue weighted by Gasteiger charge is 2.35. The fourth-order valence-electron chi connectivity index (χ4n) is 2.61. The second-order valence-corrected chi connectivity index (χ2v) is 9.51. The molecule has 1 amide bonds. The Morgan fingerprint density at radius 2 is 1.54 bits per heavy atom. The molecule has 0 atom stereocenters. The summed E-state index contributed by atoms with van der Waals surface area (Å²) in [5, 5.41) is 6.34. The minimum atomic E-state index is -4.93. The van der Waals surface area contributed by atoms with E-state index in [-0.39, 0.29) is 23.2 Å². The van der Waals surface area contributed by atoms with Crippen LogP contribution in [0.1, 0.15) is 10.4 Å². The van der Waals surface area contributed by atoms with Crippen LogP contribution in [0.5, 0.6) is 0 Å². The summed E-state index contributed by atoms with van der Waals surface area (Å²) in [6.07, 6.45) is -4.93. The molecule has 0 aliphatic heterocycles. The third-order valence-electron chi connectivity index (χ3n) is 4.02. The van der Waals surface area contributed by atoms with Crippen molar-refractivity contribution in [3.05, 3.63) is 82.3 Å². The average molecular weight is 546 g/mol. The summed E-state index contributed by atoms with van der Waals surface area (Å²) in [7, 11) is -4.74. The lowest BCUT2D eigenvalue weighted by Gasteiger charge is -2.12. The van der Waals surface area contributed by atoms with Gasteiger partial charge < -0.3 is 5.32 Å². The molecule has 0 saturated carbocycles. The van der Waals surface area contributed by atoms with Gasteiger partial charge in [-0.2, -0.15) is 18.2 Å². The number of benzene rings is 2. The van der Waals surface area contributed by atoms with Crippen LogP contribution >= 0.6 is 23.2 Å². The molecule has 35 heavy (non-hydrogen) atoms. The SMILES string of the molecule is O=C(N/C(=N/c1cccc(NS(=O)(=O)CC(F)(F)F)n1)Nc1ccc(Cl)cc1)c1ccc(Cl)cc1. The molecule has 8 nitrogen and oxygen atoms in total. The molecule has 0 saturated heterocycles. The maximum absolute atomic E-state index is 12.7. The highest BCUT2D eigenvalue weighted by Crippen LogP contribution is 2.20. The Bertz CT molecular complexity index is 1330. The van der Waals surface area contributed by atoms with Gasteiger partial charge in [-0.3, -0.25) is 14.8 Å². The molecule has 3 N–H and O–H groups in total. The van der Waals surface area contributed by atoms with Gasteiger partial charge in [-0.1, -0.05) is 29.3 Å². The van der Waals surface area contributed by atoms with E-state index < -0.39 is 27.9 Å². The van der Waals surface area contributed by atoms with Crippen molar-refractivity contribution in [2.75, 3.05) is 15.8 Å². The predicted molar refractivity (Wildman–Crippen MR) is 129 cm³/mol. The van der Waals surface area contributed by atoms with Gasteiger partial charge in [0.05, 0.1) is 0 Å². The molecule has 1 heterocycles. The zero-order valence-corrected chi connectivity index (χ0v) is 19.8. The van der Waals surface area contributed by atoms with Crippen molar-refractivity contribution < 1.29 is 26.4 Å². The molecule has 0 radical (unpaired) electrons. The highest BCUT2D eigenvalue weighted by molar-refractivity contribution is 7.92. The maximum Gasteiger partial charge on any atom is 0.404 e. The van der Waals surface area contributed by atoms with E-state index in [1.54, 1.807) is 29.0 Å². The number of aromatic nitrogens is 1. The Morgan fingerprint density at radius 1 is 0.943 bits per heavy atom. The molecule has 184 valence electrons. The number of pyridine rings is 1. The van der Waals surface area contributed by atoms with Crippen molar-refractivity contribution in [3.8, 4) is 0 Å². The van der Waals surface area contributed by atoms with Crippen LogP contribution in [0.2, 0.25) is 10.0 Å². The Hall–Kier alpha value is -3.35. The summed E-state index contributed by atoms with van der Waals surface area (Å²) >= 11 is 11.7. The molecule has 0 aliphatic rings. The fourth-order valence-corrected chi connectivity index (χ4v) is 3.79. The van der Waals surface area contributed by atoms with Crippen LogP contribution in [-0.2, 0) is 10.0 Å². The van der Waals surface area contributed by atoms with Gasteiger partial charge in [0, 0.05) is 21.3 Å². The number of halogens is 5. The van der Waals surface area contributed by atoms with Gasteiger partial charge in [-0.15, -0.1) is 0 Å². The lowest BCUT2D eigenvalue weighted by Crippen LogP contribution is -2.35. The number of rotatable bonds is 6. The Labute approximate surface area is 208 Å². The molecule has 0 fully saturated rings. The van der Waals surface area contributed by atoms with Gasteiger partial charge in [0.1, 0.15) is 5.82 Å². The number of hydrogen-bond donors (Lipinski definition) is 3. The normalized spacial score (nSPS) is 12.2. The minimum Gasteiger partial charge on any atom is -0.326 e. The van der Waals surface area contributed by atoms with Crippen molar-refractivity contribution in [3.63, 3.8) is 0 Å². The first-order valence-corrected chi connectivity index (χ1v) is 12.0. The number of amides is 1. The quantitative estimate of drug-likeness (QED) is 0.290. The van der Waals surface area contributed by atoms with Crippen LogP contribution in [0, 0.1) is 0 Å². The number of hydrogen-bond acceptors (Lipinski definition) is 5. The van der Waals surface area contributed by atoms with Crippen molar-refractivity contribution in [2.45, 2.75) is 6.18 Å².